The maximum atomic E-state index is 11.5. The van der Waals surface area contributed by atoms with E-state index in [1.807, 2.05) is 32.9 Å². The van der Waals surface area contributed by atoms with Crippen molar-refractivity contribution >= 4 is 17.7 Å². The minimum atomic E-state index is -0.385. The second-order valence-corrected chi connectivity index (χ2v) is 6.09. The number of esters is 1. The van der Waals surface area contributed by atoms with Crippen LogP contribution >= 0.6 is 11.8 Å². The average Bonchev–Trinajstić information content (AvgIpc) is 2.18. The summed E-state index contributed by atoms with van der Waals surface area (Å²) in [4.78, 5) is 12.7. The van der Waals surface area contributed by atoms with Crippen LogP contribution in [0.15, 0.2) is 29.2 Å². The standard InChI is InChI=1S/C14H20O2S/c1-11-7-5-6-8-12(11)17-10-9-13(15)16-14(2,3)4/h5-8H,9-10H2,1-4H3. The fourth-order valence-corrected chi connectivity index (χ4v) is 2.31. The van der Waals surface area contributed by atoms with Gasteiger partial charge in [-0.15, -0.1) is 11.8 Å². The summed E-state index contributed by atoms with van der Waals surface area (Å²) in [6, 6.07) is 8.20. The van der Waals surface area contributed by atoms with E-state index in [0.29, 0.717) is 6.42 Å². The summed E-state index contributed by atoms with van der Waals surface area (Å²) in [6.07, 6.45) is 0.455. The van der Waals surface area contributed by atoms with Crippen molar-refractivity contribution in [1.29, 1.82) is 0 Å². The number of carbonyl (C=O) groups excluding carboxylic acids is 1. The van der Waals surface area contributed by atoms with Crippen LogP contribution in [0.2, 0.25) is 0 Å². The van der Waals surface area contributed by atoms with E-state index in [1.54, 1.807) is 11.8 Å². The summed E-state index contributed by atoms with van der Waals surface area (Å²) >= 11 is 1.70. The summed E-state index contributed by atoms with van der Waals surface area (Å²) < 4.78 is 5.25. The summed E-state index contributed by atoms with van der Waals surface area (Å²) in [5.74, 6) is 0.637. The van der Waals surface area contributed by atoms with Crippen LogP contribution in [0, 0.1) is 6.92 Å². The molecule has 1 rings (SSSR count). The van der Waals surface area contributed by atoms with Crippen LogP contribution in [-0.4, -0.2) is 17.3 Å². The molecule has 0 spiro atoms. The quantitative estimate of drug-likeness (QED) is 0.602. The maximum Gasteiger partial charge on any atom is 0.307 e. The predicted molar refractivity (Wildman–Crippen MR) is 72.4 cm³/mol. The number of hydrogen-bond acceptors (Lipinski definition) is 3. The fourth-order valence-electron chi connectivity index (χ4n) is 1.36. The first-order chi connectivity index (χ1) is 7.88. The van der Waals surface area contributed by atoms with Crippen LogP contribution in [0.4, 0.5) is 0 Å². The van der Waals surface area contributed by atoms with Gasteiger partial charge in [0.2, 0.25) is 0 Å². The normalized spacial score (nSPS) is 11.3. The van der Waals surface area contributed by atoms with Gasteiger partial charge in [0.05, 0.1) is 6.42 Å². The van der Waals surface area contributed by atoms with E-state index < -0.39 is 0 Å². The van der Waals surface area contributed by atoms with Crippen molar-refractivity contribution in [2.75, 3.05) is 5.75 Å². The van der Waals surface area contributed by atoms with Crippen LogP contribution < -0.4 is 0 Å². The predicted octanol–water partition coefficient (Wildman–Crippen LogP) is 3.82. The van der Waals surface area contributed by atoms with Gasteiger partial charge in [0.25, 0.3) is 0 Å². The molecule has 3 heteroatoms. The molecule has 0 aliphatic heterocycles. The summed E-state index contributed by atoms with van der Waals surface area (Å²) in [6.45, 7) is 7.74. The lowest BCUT2D eigenvalue weighted by Gasteiger charge is -2.19. The molecule has 0 N–H and O–H groups in total. The van der Waals surface area contributed by atoms with E-state index >= 15 is 0 Å². The van der Waals surface area contributed by atoms with Gasteiger partial charge < -0.3 is 4.74 Å². The third-order valence-corrected chi connectivity index (χ3v) is 3.25. The Morgan fingerprint density at radius 2 is 1.94 bits per heavy atom. The SMILES string of the molecule is Cc1ccccc1SCCC(=O)OC(C)(C)C. The number of ether oxygens (including phenoxy) is 1. The van der Waals surface area contributed by atoms with Crippen molar-refractivity contribution in [3.63, 3.8) is 0 Å². The molecule has 0 aromatic heterocycles. The van der Waals surface area contributed by atoms with Gasteiger partial charge >= 0.3 is 5.97 Å². The highest BCUT2D eigenvalue weighted by Crippen LogP contribution is 2.22. The Labute approximate surface area is 108 Å². The van der Waals surface area contributed by atoms with Crippen molar-refractivity contribution in [3.05, 3.63) is 29.8 Å². The molecule has 0 heterocycles. The van der Waals surface area contributed by atoms with Gasteiger partial charge in [0, 0.05) is 10.6 Å². The largest absolute Gasteiger partial charge is 0.460 e. The lowest BCUT2D eigenvalue weighted by molar-refractivity contribution is -0.154. The molecule has 0 aliphatic rings. The molecule has 0 bridgehead atoms. The third kappa shape index (κ3) is 5.78. The van der Waals surface area contributed by atoms with E-state index in [4.69, 9.17) is 4.74 Å². The summed E-state index contributed by atoms with van der Waals surface area (Å²) in [5.41, 5.74) is 0.867. The van der Waals surface area contributed by atoms with Gasteiger partial charge in [-0.1, -0.05) is 18.2 Å². The van der Waals surface area contributed by atoms with Gasteiger partial charge in [0.1, 0.15) is 5.60 Å². The van der Waals surface area contributed by atoms with Crippen molar-refractivity contribution in [2.24, 2.45) is 0 Å². The van der Waals surface area contributed by atoms with Gasteiger partial charge in [-0.3, -0.25) is 4.79 Å². The molecule has 0 saturated carbocycles. The lowest BCUT2D eigenvalue weighted by Crippen LogP contribution is -2.24. The highest BCUT2D eigenvalue weighted by molar-refractivity contribution is 7.99. The van der Waals surface area contributed by atoms with Crippen molar-refractivity contribution in [3.8, 4) is 0 Å². The number of rotatable bonds is 4. The number of aryl methyl sites for hydroxylation is 1. The molecule has 0 saturated heterocycles. The van der Waals surface area contributed by atoms with E-state index in [0.717, 1.165) is 5.75 Å². The van der Waals surface area contributed by atoms with Gasteiger partial charge in [-0.2, -0.15) is 0 Å². The van der Waals surface area contributed by atoms with Crippen molar-refractivity contribution in [2.45, 2.75) is 44.6 Å². The molecule has 1 aromatic rings. The molecule has 0 unspecified atom stereocenters. The Hall–Kier alpha value is -0.960. The van der Waals surface area contributed by atoms with Crippen LogP contribution in [0.25, 0.3) is 0 Å². The van der Waals surface area contributed by atoms with E-state index in [1.165, 1.54) is 10.5 Å². The van der Waals surface area contributed by atoms with Crippen molar-refractivity contribution in [1.82, 2.24) is 0 Å². The van der Waals surface area contributed by atoms with Crippen LogP contribution in [0.5, 0.6) is 0 Å². The van der Waals surface area contributed by atoms with Crippen LogP contribution in [-0.2, 0) is 9.53 Å². The van der Waals surface area contributed by atoms with E-state index in [9.17, 15) is 4.79 Å². The first-order valence-electron chi connectivity index (χ1n) is 5.79. The van der Waals surface area contributed by atoms with E-state index in [2.05, 4.69) is 19.1 Å². The van der Waals surface area contributed by atoms with Crippen LogP contribution in [0.1, 0.15) is 32.8 Å². The molecule has 0 amide bonds. The number of hydrogen-bond donors (Lipinski definition) is 0. The molecular formula is C14H20O2S. The zero-order valence-corrected chi connectivity index (χ0v) is 11.8. The molecule has 17 heavy (non-hydrogen) atoms. The van der Waals surface area contributed by atoms with Gasteiger partial charge in [-0.25, -0.2) is 0 Å². The first kappa shape index (κ1) is 14.1. The Morgan fingerprint density at radius 1 is 1.29 bits per heavy atom. The molecule has 1 aromatic carbocycles. The molecular weight excluding hydrogens is 232 g/mol. The third-order valence-electron chi connectivity index (χ3n) is 2.08. The smallest absolute Gasteiger partial charge is 0.307 e. The Bertz CT molecular complexity index is 380. The molecule has 2 nitrogen and oxygen atoms in total. The highest BCUT2D eigenvalue weighted by Gasteiger charge is 2.15. The zero-order chi connectivity index (χ0) is 12.9. The number of benzene rings is 1. The second kappa shape index (κ2) is 6.10. The first-order valence-corrected chi connectivity index (χ1v) is 6.77. The molecule has 0 aliphatic carbocycles. The minimum absolute atomic E-state index is 0.126. The fraction of sp³-hybridized carbons (Fsp3) is 0.500. The van der Waals surface area contributed by atoms with Crippen LogP contribution in [0.3, 0.4) is 0 Å². The minimum Gasteiger partial charge on any atom is -0.460 e. The average molecular weight is 252 g/mol. The highest BCUT2D eigenvalue weighted by atomic mass is 32.2. The Morgan fingerprint density at radius 3 is 2.53 bits per heavy atom. The summed E-state index contributed by atoms with van der Waals surface area (Å²) in [5, 5.41) is 0. The molecule has 94 valence electrons. The maximum absolute atomic E-state index is 11.5. The number of carbonyl (C=O) groups is 1. The van der Waals surface area contributed by atoms with Gasteiger partial charge in [0.15, 0.2) is 0 Å². The molecule has 0 atom stereocenters. The second-order valence-electron chi connectivity index (χ2n) is 4.95. The monoisotopic (exact) mass is 252 g/mol. The summed E-state index contributed by atoms with van der Waals surface area (Å²) in [7, 11) is 0. The Balaban J connectivity index is 2.34. The zero-order valence-electron chi connectivity index (χ0n) is 10.9. The topological polar surface area (TPSA) is 26.3 Å². The van der Waals surface area contributed by atoms with Crippen molar-refractivity contribution < 1.29 is 9.53 Å². The van der Waals surface area contributed by atoms with E-state index in [-0.39, 0.29) is 11.6 Å². The van der Waals surface area contributed by atoms with Gasteiger partial charge in [-0.05, 0) is 39.3 Å². The Kier molecular flexibility index (Phi) is 5.06. The lowest BCUT2D eigenvalue weighted by atomic mass is 10.2. The number of thioether (sulfide) groups is 1. The molecule has 0 fully saturated rings. The molecule has 0 radical (unpaired) electrons.